The second-order valence-electron chi connectivity index (χ2n) is 12.6. The Bertz CT molecular complexity index is 2070. The minimum Gasteiger partial charge on any atom is -0.431 e. The van der Waals surface area contributed by atoms with Crippen molar-refractivity contribution in [2.75, 3.05) is 5.75 Å². The monoisotopic (exact) mass is 784 g/mol. The summed E-state index contributed by atoms with van der Waals surface area (Å²) >= 11 is 18.6. The molecule has 1 fully saturated rings. The summed E-state index contributed by atoms with van der Waals surface area (Å²) in [7, 11) is 0. The van der Waals surface area contributed by atoms with Crippen LogP contribution in [0.4, 0.5) is 0 Å². The molecular weight excluding hydrogens is 751 g/mol. The van der Waals surface area contributed by atoms with Crippen molar-refractivity contribution >= 4 is 52.5 Å². The fourth-order valence-electron chi connectivity index (χ4n) is 6.10. The third-order valence-corrected chi connectivity index (χ3v) is 10.3. The number of benzene rings is 5. The Kier molecular flexibility index (Phi) is 11.9. The van der Waals surface area contributed by atoms with E-state index in [0.29, 0.717) is 17.4 Å². The number of carbonyl (C=O) groups excluding carboxylic acids is 1. The van der Waals surface area contributed by atoms with E-state index in [1.54, 1.807) is 0 Å². The Morgan fingerprint density at radius 1 is 0.755 bits per heavy atom. The van der Waals surface area contributed by atoms with Crippen LogP contribution in [0, 0.1) is 0 Å². The van der Waals surface area contributed by atoms with Gasteiger partial charge in [-0.3, -0.25) is 4.79 Å². The number of oxazole rings is 1. The van der Waals surface area contributed by atoms with Gasteiger partial charge in [0.05, 0.1) is 18.8 Å². The molecule has 5 aromatic carbocycles. The molecular formula is C42H35Cl3N2O5S. The van der Waals surface area contributed by atoms with Gasteiger partial charge in [-0.15, -0.1) is 0 Å². The van der Waals surface area contributed by atoms with Crippen LogP contribution in [0.5, 0.6) is 0 Å². The molecule has 0 aliphatic carbocycles. The molecule has 1 amide bonds. The average molecular weight is 786 g/mol. The minimum absolute atomic E-state index is 0.0260. The number of rotatable bonds is 11. The van der Waals surface area contributed by atoms with Crippen molar-refractivity contribution in [3.63, 3.8) is 0 Å². The van der Waals surface area contributed by atoms with Gasteiger partial charge in [0.2, 0.25) is 0 Å². The van der Waals surface area contributed by atoms with Gasteiger partial charge in [0.1, 0.15) is 5.69 Å². The number of nitrogens with zero attached hydrogens (tertiary/aromatic N) is 1. The van der Waals surface area contributed by atoms with Gasteiger partial charge in [-0.1, -0.05) is 174 Å². The number of aliphatic hydroxyl groups excluding tert-OH is 1. The Morgan fingerprint density at radius 3 is 2.09 bits per heavy atom. The van der Waals surface area contributed by atoms with Crippen molar-refractivity contribution in [2.45, 2.75) is 47.1 Å². The molecule has 1 saturated heterocycles. The maximum atomic E-state index is 12.0. The minimum atomic E-state index is -2.02. The normalized spacial score (nSPS) is 17.4. The summed E-state index contributed by atoms with van der Waals surface area (Å²) in [4.78, 5) is 17.0. The van der Waals surface area contributed by atoms with E-state index in [1.807, 2.05) is 133 Å². The highest BCUT2D eigenvalue weighted by Crippen LogP contribution is 2.41. The molecule has 2 heterocycles. The number of carbonyl (C=O) groups is 1. The molecule has 53 heavy (non-hydrogen) atoms. The number of hydrogen-bond acceptors (Lipinski definition) is 7. The van der Waals surface area contributed by atoms with Crippen molar-refractivity contribution in [1.29, 1.82) is 0 Å². The van der Waals surface area contributed by atoms with E-state index in [4.69, 9.17) is 53.7 Å². The van der Waals surface area contributed by atoms with Crippen molar-refractivity contribution in [3.05, 3.63) is 156 Å². The van der Waals surface area contributed by atoms with E-state index in [2.05, 4.69) is 5.32 Å². The van der Waals surface area contributed by atoms with Crippen LogP contribution >= 0.6 is 46.6 Å². The van der Waals surface area contributed by atoms with Crippen LogP contribution in [0.2, 0.25) is 0 Å². The van der Waals surface area contributed by atoms with Crippen LogP contribution < -0.4 is 5.32 Å². The Labute approximate surface area is 327 Å². The second kappa shape index (κ2) is 16.9. The summed E-state index contributed by atoms with van der Waals surface area (Å²) in [6, 6.07) is 43.7. The van der Waals surface area contributed by atoms with Crippen LogP contribution in [0.1, 0.15) is 41.1 Å². The van der Waals surface area contributed by atoms with Gasteiger partial charge in [-0.25, -0.2) is 4.98 Å². The van der Waals surface area contributed by atoms with E-state index in [9.17, 15) is 9.90 Å². The second-order valence-corrected chi connectivity index (χ2v) is 15.8. The third-order valence-electron chi connectivity index (χ3n) is 8.85. The summed E-state index contributed by atoms with van der Waals surface area (Å²) in [5.74, 6) is 0.636. The molecule has 7 rings (SSSR count). The van der Waals surface area contributed by atoms with Gasteiger partial charge >= 0.3 is 0 Å². The highest BCUT2D eigenvalue weighted by atomic mass is 35.6. The van der Waals surface area contributed by atoms with Crippen LogP contribution in [0.25, 0.3) is 33.7 Å². The number of thioether (sulfide) groups is 1. The number of aromatic nitrogens is 1. The first-order valence-electron chi connectivity index (χ1n) is 17.0. The first-order valence-corrected chi connectivity index (χ1v) is 19.1. The summed E-state index contributed by atoms with van der Waals surface area (Å²) in [5, 5.41) is 12.8. The fourth-order valence-corrected chi connectivity index (χ4v) is 7.14. The quantitative estimate of drug-likeness (QED) is 0.0998. The summed E-state index contributed by atoms with van der Waals surface area (Å²) in [6.07, 6.45) is -0.429. The lowest BCUT2D eigenvalue weighted by Gasteiger charge is -2.36. The van der Waals surface area contributed by atoms with Gasteiger partial charge in [-0.05, 0) is 33.9 Å². The number of halogens is 3. The van der Waals surface area contributed by atoms with Crippen LogP contribution in [0.3, 0.4) is 0 Å². The van der Waals surface area contributed by atoms with E-state index < -0.39 is 16.0 Å². The predicted molar refractivity (Wildman–Crippen MR) is 211 cm³/mol. The molecule has 1 aliphatic heterocycles. The lowest BCUT2D eigenvalue weighted by molar-refractivity contribution is -0.245. The molecule has 2 N–H and O–H groups in total. The Hall–Kier alpha value is -4.12. The third kappa shape index (κ3) is 9.34. The van der Waals surface area contributed by atoms with Crippen LogP contribution in [-0.2, 0) is 27.4 Å². The van der Waals surface area contributed by atoms with E-state index in [1.165, 1.54) is 11.8 Å². The van der Waals surface area contributed by atoms with Gasteiger partial charge in [0, 0.05) is 35.4 Å². The highest BCUT2D eigenvalue weighted by molar-refractivity contribution is 7.99. The molecule has 1 aromatic heterocycles. The SMILES string of the molecule is O=C(NCc1cccc(-c2ccc([C@@H]3O[C@H](CSc4nc(-c5ccccc5)c(-c5ccccc5)o4)C[C@H](c4ccc(CO)cc4)O3)cc2)c1)C(Cl)(Cl)Cl. The number of aliphatic hydroxyl groups is 1. The number of amides is 1. The summed E-state index contributed by atoms with van der Waals surface area (Å²) in [5.41, 5.74) is 8.27. The largest absolute Gasteiger partial charge is 0.431 e. The van der Waals surface area contributed by atoms with Crippen molar-refractivity contribution in [1.82, 2.24) is 10.3 Å². The maximum absolute atomic E-state index is 12.0. The molecule has 0 unspecified atom stereocenters. The number of alkyl halides is 3. The molecule has 7 nitrogen and oxygen atoms in total. The average Bonchev–Trinajstić information content (AvgIpc) is 3.64. The van der Waals surface area contributed by atoms with Gasteiger partial charge in [-0.2, -0.15) is 0 Å². The first-order chi connectivity index (χ1) is 25.7. The zero-order valence-corrected chi connectivity index (χ0v) is 31.4. The molecule has 0 radical (unpaired) electrons. The lowest BCUT2D eigenvalue weighted by atomic mass is 9.99. The van der Waals surface area contributed by atoms with E-state index in [-0.39, 0.29) is 25.4 Å². The summed E-state index contributed by atoms with van der Waals surface area (Å²) in [6.45, 7) is 0.193. The van der Waals surface area contributed by atoms with Gasteiger partial charge < -0.3 is 24.3 Å². The molecule has 11 heteroatoms. The highest BCUT2D eigenvalue weighted by Gasteiger charge is 2.33. The van der Waals surface area contributed by atoms with Crippen molar-refractivity contribution < 1.29 is 23.8 Å². The molecule has 1 aliphatic rings. The molecule has 0 spiro atoms. The van der Waals surface area contributed by atoms with E-state index in [0.717, 1.165) is 56.0 Å². The predicted octanol–water partition coefficient (Wildman–Crippen LogP) is 10.5. The molecule has 0 bridgehead atoms. The smallest absolute Gasteiger partial charge is 0.272 e. The van der Waals surface area contributed by atoms with Crippen molar-refractivity contribution in [2.24, 2.45) is 0 Å². The van der Waals surface area contributed by atoms with Crippen LogP contribution in [0.15, 0.2) is 143 Å². The number of hydrogen-bond donors (Lipinski definition) is 2. The zero-order chi connectivity index (χ0) is 36.8. The Balaban J connectivity index is 1.10. The zero-order valence-electron chi connectivity index (χ0n) is 28.3. The molecule has 0 saturated carbocycles. The maximum Gasteiger partial charge on any atom is 0.272 e. The van der Waals surface area contributed by atoms with Crippen molar-refractivity contribution in [3.8, 4) is 33.7 Å². The van der Waals surface area contributed by atoms with E-state index >= 15 is 0 Å². The first kappa shape index (κ1) is 37.2. The standard InChI is InChI=1S/C42H35Cl3N2O5S/c43-42(44,45)40(49)46-24-28-8-7-13-34(22-28)29-18-20-33(21-19-29)39-50-35(23-36(51-39)30-16-14-27(25-48)15-17-30)26-53-41-47-37(31-9-3-1-4-10-31)38(52-41)32-11-5-2-6-12-32/h1-22,35-36,39,48H,23-26H2,(H,46,49)/t35-,36+,39+/m0/s1. The van der Waals surface area contributed by atoms with Crippen LogP contribution in [-0.4, -0.2) is 31.6 Å². The van der Waals surface area contributed by atoms with Gasteiger partial charge in [0.25, 0.3) is 14.9 Å². The lowest BCUT2D eigenvalue weighted by Crippen LogP contribution is -2.33. The summed E-state index contributed by atoms with van der Waals surface area (Å²) < 4.78 is 17.6. The molecule has 3 atom stereocenters. The fraction of sp³-hybridized carbons (Fsp3) is 0.190. The molecule has 270 valence electrons. The number of nitrogens with one attached hydrogen (secondary N) is 1. The number of ether oxygens (including phenoxy) is 2. The Morgan fingerprint density at radius 2 is 1.42 bits per heavy atom. The topological polar surface area (TPSA) is 93.8 Å². The molecule has 6 aromatic rings. The van der Waals surface area contributed by atoms with Gasteiger partial charge in [0.15, 0.2) is 12.1 Å².